The summed E-state index contributed by atoms with van der Waals surface area (Å²) < 4.78 is 48.4. The van der Waals surface area contributed by atoms with E-state index in [-0.39, 0.29) is 12.6 Å². The van der Waals surface area contributed by atoms with Crippen molar-refractivity contribution in [1.29, 1.82) is 0 Å². The maximum Gasteiger partial charge on any atom is 0.332 e. The van der Waals surface area contributed by atoms with Gasteiger partial charge in [0.15, 0.2) is 0 Å². The Hall–Kier alpha value is -0.850. The highest BCUT2D eigenvalue weighted by molar-refractivity contribution is 5.71. The normalized spacial score (nSPS) is 12.7. The number of hydrogen-bond acceptors (Lipinski definition) is 10. The van der Waals surface area contributed by atoms with Crippen molar-refractivity contribution in [1.82, 2.24) is 0 Å². The molecule has 1 atom stereocenters. The Morgan fingerprint density at radius 2 is 0.886 bits per heavy atom. The Morgan fingerprint density at radius 1 is 0.571 bits per heavy atom. The van der Waals surface area contributed by atoms with Crippen LogP contribution in [0.1, 0.15) is 41.0 Å². The summed E-state index contributed by atoms with van der Waals surface area (Å²) in [5, 5.41) is 0. The van der Waals surface area contributed by atoms with Crippen LogP contribution in [0, 0.1) is 5.92 Å². The summed E-state index contributed by atoms with van der Waals surface area (Å²) in [5.41, 5.74) is -0.501. The molecule has 0 rings (SSSR count). The first-order valence-electron chi connectivity index (χ1n) is 12.7. The van der Waals surface area contributed by atoms with Gasteiger partial charge in [-0.15, -0.1) is 0 Å². The van der Waals surface area contributed by atoms with E-state index in [1.807, 2.05) is 20.8 Å². The smallest absolute Gasteiger partial charge is 0.332 e. The summed E-state index contributed by atoms with van der Waals surface area (Å²) in [4.78, 5) is 11.5. The first-order valence-corrected chi connectivity index (χ1v) is 12.7. The summed E-state index contributed by atoms with van der Waals surface area (Å²) in [7, 11) is 0. The highest BCUT2D eigenvalue weighted by Gasteiger charge is 2.15. The van der Waals surface area contributed by atoms with E-state index in [2.05, 4.69) is 13.8 Å². The van der Waals surface area contributed by atoms with E-state index in [1.165, 1.54) is 0 Å². The summed E-state index contributed by atoms with van der Waals surface area (Å²) in [6.45, 7) is 17.5. The van der Waals surface area contributed by atoms with Crippen LogP contribution in [0.2, 0.25) is 0 Å². The third-order valence-corrected chi connectivity index (χ3v) is 4.34. The summed E-state index contributed by atoms with van der Waals surface area (Å²) in [5.74, 6) is 0.217. The van der Waals surface area contributed by atoms with Crippen LogP contribution in [0.3, 0.4) is 0 Å². The lowest BCUT2D eigenvalue weighted by atomic mass is 10.1. The third kappa shape index (κ3) is 29.3. The largest absolute Gasteiger partial charge is 0.458 e. The van der Waals surface area contributed by atoms with Gasteiger partial charge in [0.25, 0.3) is 0 Å². The predicted octanol–water partition coefficient (Wildman–Crippen LogP) is 2.51. The Morgan fingerprint density at radius 3 is 1.20 bits per heavy atom. The van der Waals surface area contributed by atoms with E-state index in [9.17, 15) is 4.79 Å². The van der Waals surface area contributed by atoms with Crippen molar-refractivity contribution in [3.63, 3.8) is 0 Å². The second-order valence-electron chi connectivity index (χ2n) is 8.90. The van der Waals surface area contributed by atoms with Gasteiger partial charge in [-0.1, -0.05) is 20.3 Å². The molecule has 0 heterocycles. The lowest BCUT2D eigenvalue weighted by molar-refractivity contribution is -0.160. The fourth-order valence-corrected chi connectivity index (χ4v) is 2.37. The maximum atomic E-state index is 11.5. The lowest BCUT2D eigenvalue weighted by Crippen LogP contribution is -2.27. The summed E-state index contributed by atoms with van der Waals surface area (Å²) in [6, 6.07) is 0. The van der Waals surface area contributed by atoms with Gasteiger partial charge in [0.05, 0.1) is 92.5 Å². The topological polar surface area (TPSA) is 100 Å². The molecule has 210 valence electrons. The van der Waals surface area contributed by atoms with Crippen molar-refractivity contribution in [3.8, 4) is 0 Å². The molecule has 0 aromatic rings. The highest BCUT2D eigenvalue weighted by atomic mass is 16.6. The number of esters is 1. The van der Waals surface area contributed by atoms with E-state index >= 15 is 0 Å². The molecule has 0 spiro atoms. The van der Waals surface area contributed by atoms with Crippen molar-refractivity contribution >= 4 is 5.97 Å². The van der Waals surface area contributed by atoms with E-state index in [1.54, 1.807) is 0 Å². The number of carbonyl (C=O) groups is 1. The molecule has 0 aliphatic heterocycles. The van der Waals surface area contributed by atoms with Gasteiger partial charge >= 0.3 is 5.97 Å². The van der Waals surface area contributed by atoms with E-state index in [4.69, 9.17) is 42.6 Å². The third-order valence-electron chi connectivity index (χ3n) is 4.34. The van der Waals surface area contributed by atoms with Crippen LogP contribution < -0.4 is 0 Å². The maximum absolute atomic E-state index is 11.5. The molecule has 10 nitrogen and oxygen atoms in total. The van der Waals surface area contributed by atoms with Crippen LogP contribution in [0.5, 0.6) is 0 Å². The molecule has 0 amide bonds. The molecule has 10 heteroatoms. The van der Waals surface area contributed by atoms with Gasteiger partial charge in [-0.2, -0.15) is 0 Å². The zero-order chi connectivity index (χ0) is 26.0. The number of hydrogen-bond donors (Lipinski definition) is 0. The fourth-order valence-electron chi connectivity index (χ4n) is 2.37. The van der Waals surface area contributed by atoms with Gasteiger partial charge in [-0.25, -0.2) is 4.79 Å². The molecule has 0 saturated heterocycles. The van der Waals surface area contributed by atoms with E-state index in [0.717, 1.165) is 13.0 Å². The molecule has 0 aliphatic rings. The average Bonchev–Trinajstić information content (AvgIpc) is 2.80. The van der Waals surface area contributed by atoms with E-state index < -0.39 is 5.60 Å². The van der Waals surface area contributed by atoms with Crippen LogP contribution in [0.25, 0.3) is 0 Å². The van der Waals surface area contributed by atoms with Gasteiger partial charge in [-0.05, 0) is 26.7 Å². The van der Waals surface area contributed by atoms with Gasteiger partial charge in [0, 0.05) is 6.61 Å². The summed E-state index contributed by atoms with van der Waals surface area (Å²) >= 11 is 0. The molecule has 0 N–H and O–H groups in total. The number of carbonyl (C=O) groups excluding carboxylic acids is 1. The average molecular weight is 511 g/mol. The molecule has 35 heavy (non-hydrogen) atoms. The predicted molar refractivity (Wildman–Crippen MR) is 132 cm³/mol. The van der Waals surface area contributed by atoms with Crippen molar-refractivity contribution < 1.29 is 47.4 Å². The molecule has 0 fully saturated rings. The molecule has 0 aliphatic carbocycles. The monoisotopic (exact) mass is 510 g/mol. The zero-order valence-electron chi connectivity index (χ0n) is 22.7. The van der Waals surface area contributed by atoms with Crippen molar-refractivity contribution in [2.45, 2.75) is 46.6 Å². The Balaban J connectivity index is 3.12. The van der Waals surface area contributed by atoms with Gasteiger partial charge in [0.1, 0.15) is 12.2 Å². The molecule has 0 saturated carbocycles. The molecule has 0 aromatic carbocycles. The molecule has 1 unspecified atom stereocenters. The molecule has 0 aromatic heterocycles. The minimum absolute atomic E-state index is 0.0742. The van der Waals surface area contributed by atoms with Crippen molar-refractivity contribution in [3.05, 3.63) is 0 Å². The van der Waals surface area contributed by atoms with Crippen LogP contribution in [0.15, 0.2) is 0 Å². The van der Waals surface area contributed by atoms with Gasteiger partial charge in [0.2, 0.25) is 0 Å². The second-order valence-corrected chi connectivity index (χ2v) is 8.90. The fraction of sp³-hybridized carbons (Fsp3) is 0.960. The Kier molecular flexibility index (Phi) is 24.2. The first-order chi connectivity index (χ1) is 16.8. The first kappa shape index (κ1) is 34.1. The van der Waals surface area contributed by atoms with Crippen molar-refractivity contribution in [2.24, 2.45) is 5.92 Å². The van der Waals surface area contributed by atoms with E-state index in [0.29, 0.717) is 98.4 Å². The minimum atomic E-state index is -0.501. The van der Waals surface area contributed by atoms with Crippen molar-refractivity contribution in [2.75, 3.05) is 106 Å². The lowest BCUT2D eigenvalue weighted by Gasteiger charge is -2.19. The van der Waals surface area contributed by atoms with Crippen LogP contribution in [0.4, 0.5) is 0 Å². The molecular weight excluding hydrogens is 460 g/mol. The van der Waals surface area contributed by atoms with Crippen LogP contribution in [-0.2, 0) is 47.4 Å². The van der Waals surface area contributed by atoms with Gasteiger partial charge in [-0.3, -0.25) is 0 Å². The standard InChI is InChI=1S/C25H50O10/c1-6-23(2)21-33-19-17-31-15-13-29-11-9-27-7-8-28-10-12-30-14-16-32-18-20-34-22-24(26)35-25(3,4)5/h23H,6-22H2,1-5H3. The second kappa shape index (κ2) is 24.8. The van der Waals surface area contributed by atoms with Crippen LogP contribution >= 0.6 is 0 Å². The quantitative estimate of drug-likeness (QED) is 0.127. The number of ether oxygens (including phenoxy) is 9. The highest BCUT2D eigenvalue weighted by Crippen LogP contribution is 2.06. The minimum Gasteiger partial charge on any atom is -0.458 e. The SMILES string of the molecule is CCC(C)COCCOCCOCCOCCOCCOCCOCCOCC(=O)OC(C)(C)C. The molecular formula is C25H50O10. The Bertz CT molecular complexity index is 456. The van der Waals surface area contributed by atoms with Gasteiger partial charge < -0.3 is 42.6 Å². The number of rotatable bonds is 26. The molecule has 0 radical (unpaired) electrons. The molecule has 0 bridgehead atoms. The summed E-state index contributed by atoms with van der Waals surface area (Å²) in [6.07, 6.45) is 1.13. The zero-order valence-corrected chi connectivity index (χ0v) is 22.7. The van der Waals surface area contributed by atoms with Crippen LogP contribution in [-0.4, -0.2) is 117 Å². The Labute approximate surface area is 212 Å².